The van der Waals surface area contributed by atoms with Crippen molar-refractivity contribution < 1.29 is 28.8 Å². The van der Waals surface area contributed by atoms with Crippen LogP contribution in [0.3, 0.4) is 0 Å². The van der Waals surface area contributed by atoms with E-state index < -0.39 is 0 Å². The first kappa shape index (κ1) is 58.7. The van der Waals surface area contributed by atoms with Gasteiger partial charge in [-0.25, -0.2) is 0 Å². The van der Waals surface area contributed by atoms with Crippen molar-refractivity contribution in [3.05, 3.63) is 180 Å². The fourth-order valence-corrected chi connectivity index (χ4v) is 28.3. The summed E-state index contributed by atoms with van der Waals surface area (Å²) in [5, 5.41) is 0. The van der Waals surface area contributed by atoms with Gasteiger partial charge in [0.2, 0.25) is 0 Å². The van der Waals surface area contributed by atoms with Crippen molar-refractivity contribution in [3.63, 3.8) is 0 Å². The lowest BCUT2D eigenvalue weighted by molar-refractivity contribution is -0.122. The van der Waals surface area contributed by atoms with E-state index in [1.54, 1.807) is 34.1 Å². The highest BCUT2D eigenvalue weighted by Gasteiger charge is 2.55. The second kappa shape index (κ2) is 21.3. The van der Waals surface area contributed by atoms with Crippen molar-refractivity contribution >= 4 is 180 Å². The number of thiocarbonyl (C=S) groups is 2. The Balaban J connectivity index is 0.691. The largest absolute Gasteiger partial charge is 0.293 e. The molecule has 6 fully saturated rings. The van der Waals surface area contributed by atoms with Gasteiger partial charge in [-0.3, -0.25) is 38.6 Å². The monoisotopic (exact) mass is 1360 g/mol. The normalized spacial score (nSPS) is 27.5. The number of carbonyl (C=O) groups excluding carboxylic acids is 6. The number of thioether (sulfide) groups is 2. The second-order valence-electron chi connectivity index (χ2n) is 27.6. The Bertz CT molecular complexity index is 4700. The summed E-state index contributed by atoms with van der Waals surface area (Å²) >= 11 is 22.0. The molecule has 0 bridgehead atoms. The fraction of sp³-hybridized carbons (Fsp3) is 0.368. The number of Topliss-reactive ketones (excluding diaryl/α,β-unsaturated/α-hetero) is 4. The van der Waals surface area contributed by atoms with Gasteiger partial charge in [0, 0.05) is 76.5 Å². The minimum atomic E-state index is -0.388. The van der Waals surface area contributed by atoms with E-state index in [-0.39, 0.29) is 67.8 Å². The van der Waals surface area contributed by atoms with Gasteiger partial charge in [0.25, 0.3) is 11.8 Å². The maximum absolute atomic E-state index is 14.3. The fourth-order valence-electron chi connectivity index (χ4n) is 19.2. The first-order chi connectivity index (χ1) is 44.7. The Hall–Kier alpha value is -5.82. The van der Waals surface area contributed by atoms with Gasteiger partial charge < -0.3 is 0 Å². The molecule has 16 heteroatoms. The molecule has 2 saturated heterocycles. The summed E-state index contributed by atoms with van der Waals surface area (Å²) in [4.78, 5) is 94.2. The van der Waals surface area contributed by atoms with E-state index in [0.29, 0.717) is 60.7 Å². The summed E-state index contributed by atoms with van der Waals surface area (Å²) in [7, 11) is 0. The minimum absolute atomic E-state index is 0.000630. The Kier molecular flexibility index (Phi) is 13.6. The molecule has 8 nitrogen and oxygen atoms in total. The van der Waals surface area contributed by atoms with Gasteiger partial charge >= 0.3 is 0 Å². The third-order valence-corrected chi connectivity index (χ3v) is 31.3. The van der Waals surface area contributed by atoms with Gasteiger partial charge in [-0.05, 0) is 196 Å². The Morgan fingerprint density at radius 1 is 0.413 bits per heavy atom. The van der Waals surface area contributed by atoms with Crippen molar-refractivity contribution in [1.29, 1.82) is 0 Å². The number of likely N-dealkylation sites (N-methyl/N-ethyl adjacent to an activating group) is 2. The van der Waals surface area contributed by atoms with Crippen LogP contribution in [0.2, 0.25) is 0 Å². The minimum Gasteiger partial charge on any atom is -0.293 e. The highest BCUT2D eigenvalue weighted by Crippen LogP contribution is 2.68. The van der Waals surface area contributed by atoms with E-state index in [4.69, 9.17) is 24.4 Å². The van der Waals surface area contributed by atoms with Crippen LogP contribution in [0.4, 0.5) is 0 Å². The number of hydrogen-bond donors (Lipinski definition) is 0. The van der Waals surface area contributed by atoms with Gasteiger partial charge in [0.15, 0.2) is 23.1 Å². The Labute approximate surface area is 569 Å². The van der Waals surface area contributed by atoms with Crippen molar-refractivity contribution in [1.82, 2.24) is 9.80 Å². The van der Waals surface area contributed by atoms with Gasteiger partial charge in [-0.15, -0.1) is 45.3 Å². The van der Waals surface area contributed by atoms with Crippen LogP contribution >= 0.6 is 93.3 Å². The number of ketones is 4. The molecule has 18 rings (SSSR count). The first-order valence-corrected chi connectivity index (χ1v) is 38.8. The van der Waals surface area contributed by atoms with Crippen LogP contribution in [0.15, 0.2) is 116 Å². The molecular formula is C76H64N2O6S8. The van der Waals surface area contributed by atoms with Crippen molar-refractivity contribution in [2.24, 2.45) is 11.8 Å². The highest BCUT2D eigenvalue weighted by molar-refractivity contribution is 8.27. The number of carbonyl (C=O) groups is 6. The van der Waals surface area contributed by atoms with Crippen molar-refractivity contribution in [3.8, 4) is 0 Å². The number of benzene rings is 2. The quantitative estimate of drug-likeness (QED) is 0.0871. The maximum Gasteiger partial charge on any atom is 0.266 e. The van der Waals surface area contributed by atoms with Crippen LogP contribution in [-0.2, 0) is 31.2 Å². The molecule has 0 radical (unpaired) electrons. The maximum atomic E-state index is 14.3. The predicted molar refractivity (Wildman–Crippen MR) is 386 cm³/mol. The molecule has 6 aromatic rings. The van der Waals surface area contributed by atoms with E-state index in [2.05, 4.69) is 36.5 Å². The molecule has 0 N–H and O–H groups in total. The van der Waals surface area contributed by atoms with Crippen LogP contribution in [0, 0.1) is 11.8 Å². The lowest BCUT2D eigenvalue weighted by Crippen LogP contribution is -2.38. The summed E-state index contributed by atoms with van der Waals surface area (Å²) in [6, 6.07) is 14.5. The van der Waals surface area contributed by atoms with Crippen molar-refractivity contribution in [2.75, 3.05) is 13.1 Å². The standard InChI is InChI=1S/C76H64N2O6S8/c1-3-77-69(83)55(91-71(77)85)37-43-35-53-58(74(43)25-13-6-14-26-74)66-68(89-53)60-54(90-66)36-44(38-56-70(84)78(4-2)72(86)92-56)76(60)29-21-40(22-30-76)39-19-27-75(28-20-39)42(32-50-63(81)47-17-9-10-18-48(47)64(50)82)34-52-59(75)67-65(88-52)57-51(87-67)33-41(73(57)23-11-5-12-24-73)31-49-61(79)45-15-7-8-16-46(45)62(49)80/h7-10,15-18,31-40H,3-6,11-14,19-30H2,1-2H3/b55-37-,56-38-. The molecule has 2 aromatic carbocycles. The molecule has 4 saturated carbocycles. The molecular weight excluding hydrogens is 1290 g/mol. The van der Waals surface area contributed by atoms with E-state index in [0.717, 1.165) is 125 Å². The molecule has 4 aromatic heterocycles. The second-order valence-corrected chi connectivity index (χ2v) is 35.1. The number of rotatable bonds is 7. The number of allylic oxidation sites excluding steroid dienone is 10. The van der Waals surface area contributed by atoms with Gasteiger partial charge in [-0.1, -0.05) is 135 Å². The first-order valence-electron chi connectivity index (χ1n) is 33.1. The zero-order chi connectivity index (χ0) is 62.5. The summed E-state index contributed by atoms with van der Waals surface area (Å²) in [6.07, 6.45) is 36.8. The van der Waals surface area contributed by atoms with E-state index >= 15 is 0 Å². The topological polar surface area (TPSA) is 109 Å². The zero-order valence-corrected chi connectivity index (χ0v) is 57.7. The molecule has 0 unspecified atom stereocenters. The molecule has 6 heterocycles. The summed E-state index contributed by atoms with van der Waals surface area (Å²) < 4.78 is 6.72. The lowest BCUT2D eigenvalue weighted by Gasteiger charge is -2.46. The molecule has 12 aliphatic rings. The average molecular weight is 1360 g/mol. The van der Waals surface area contributed by atoms with Crippen LogP contribution < -0.4 is 0 Å². The predicted octanol–water partition coefficient (Wildman–Crippen LogP) is 19.3. The third-order valence-electron chi connectivity index (χ3n) is 23.6. The smallest absolute Gasteiger partial charge is 0.266 e. The Morgan fingerprint density at radius 3 is 0.978 bits per heavy atom. The molecule has 2 amide bonds. The molecule has 10 aliphatic carbocycles. The third kappa shape index (κ3) is 8.10. The van der Waals surface area contributed by atoms with Gasteiger partial charge in [0.05, 0.1) is 39.8 Å². The van der Waals surface area contributed by atoms with Crippen LogP contribution in [-0.4, -0.2) is 66.5 Å². The zero-order valence-electron chi connectivity index (χ0n) is 51.1. The highest BCUT2D eigenvalue weighted by atomic mass is 32.2. The van der Waals surface area contributed by atoms with Crippen molar-refractivity contribution in [2.45, 2.75) is 151 Å². The summed E-state index contributed by atoms with van der Waals surface area (Å²) in [5.41, 5.74) is 11.8. The number of nitrogens with zero attached hydrogens (tertiary/aromatic N) is 2. The van der Waals surface area contributed by atoms with Crippen LogP contribution in [0.25, 0.3) is 43.1 Å². The van der Waals surface area contributed by atoms with E-state index in [9.17, 15) is 28.8 Å². The Morgan fingerprint density at radius 2 is 0.696 bits per heavy atom. The summed E-state index contributed by atoms with van der Waals surface area (Å²) in [5.74, 6) is 0.263. The van der Waals surface area contributed by atoms with Crippen LogP contribution in [0.1, 0.15) is 213 Å². The molecule has 92 heavy (non-hydrogen) atoms. The van der Waals surface area contributed by atoms with Gasteiger partial charge in [-0.2, -0.15) is 0 Å². The molecule has 2 aliphatic heterocycles. The lowest BCUT2D eigenvalue weighted by atomic mass is 9.58. The van der Waals surface area contributed by atoms with Crippen LogP contribution in [0.5, 0.6) is 0 Å². The molecule has 0 atom stereocenters. The number of thiophene rings is 4. The van der Waals surface area contributed by atoms with E-state index in [1.807, 2.05) is 95.6 Å². The number of hydrogen-bond acceptors (Lipinski definition) is 14. The number of fused-ring (bicyclic) bond motifs is 16. The molecule has 4 spiro atoms. The average Bonchev–Trinajstić information content (AvgIpc) is 1.53. The molecule has 462 valence electrons. The summed E-state index contributed by atoms with van der Waals surface area (Å²) in [6.45, 7) is 5.10. The van der Waals surface area contributed by atoms with E-state index in [1.165, 1.54) is 102 Å². The van der Waals surface area contributed by atoms with Gasteiger partial charge in [0.1, 0.15) is 8.64 Å². The SMILES string of the molecule is CCN1C(=O)/C(=C/C2=Cc3sc4c5c(sc4c3C23CCCCC3)C=C(/C=C2\SC(=S)N(CC)C2=O)C52CCC(C3CCC4(CC3)C(C=C3C(=O)c5ccccc5C3=O)=Cc3sc5c6c(sc5c34)C=C(C=C3C(=O)c4ccccc4C3=O)C63CCCCC3)CC2)SC1=S. The number of amides is 2.